The predicted octanol–water partition coefficient (Wildman–Crippen LogP) is 5.31. The topological polar surface area (TPSA) is 35.6 Å². The van der Waals surface area contributed by atoms with Gasteiger partial charge in [0.05, 0.1) is 10.4 Å². The van der Waals surface area contributed by atoms with E-state index in [1.807, 2.05) is 24.3 Å². The smallest absolute Gasteiger partial charge is 0.369 e. The normalized spacial score (nSPS) is 15.5. The van der Waals surface area contributed by atoms with E-state index in [4.69, 9.17) is 0 Å². The zero-order chi connectivity index (χ0) is 21.3. The van der Waals surface area contributed by atoms with Crippen LogP contribution in [0.5, 0.6) is 0 Å². The molecule has 0 aliphatic carbocycles. The molecule has 2 aromatic carbocycles. The Morgan fingerprint density at radius 1 is 1.03 bits per heavy atom. The van der Waals surface area contributed by atoms with Crippen molar-refractivity contribution in [2.45, 2.75) is 13.1 Å². The number of piperazine rings is 1. The van der Waals surface area contributed by atoms with Gasteiger partial charge in [0.1, 0.15) is 0 Å². The first-order valence-corrected chi connectivity index (χ1v) is 10.6. The number of thiophene rings is 1. The molecule has 1 fully saturated rings. The summed E-state index contributed by atoms with van der Waals surface area (Å²) in [5.74, 6) is -0.325. The van der Waals surface area contributed by atoms with Crippen molar-refractivity contribution in [3.63, 3.8) is 0 Å². The van der Waals surface area contributed by atoms with Crippen molar-refractivity contribution in [2.75, 3.05) is 42.9 Å². The molecule has 1 aliphatic rings. The maximum Gasteiger partial charge on any atom is 0.416 e. The Kier molecular flexibility index (Phi) is 5.71. The Labute approximate surface area is 176 Å². The summed E-state index contributed by atoms with van der Waals surface area (Å²) in [5, 5.41) is 3.25. The van der Waals surface area contributed by atoms with Gasteiger partial charge >= 0.3 is 6.18 Å². The summed E-state index contributed by atoms with van der Waals surface area (Å²) in [7, 11) is 0. The van der Waals surface area contributed by atoms with Crippen LogP contribution in [-0.4, -0.2) is 43.5 Å². The molecule has 8 heteroatoms. The molecule has 1 amide bonds. The highest BCUT2D eigenvalue weighted by atomic mass is 32.1. The highest BCUT2D eigenvalue weighted by molar-refractivity contribution is 7.20. The Hall–Kier alpha value is -2.58. The number of anilines is 2. The van der Waals surface area contributed by atoms with Gasteiger partial charge in [0.25, 0.3) is 5.91 Å². The Morgan fingerprint density at radius 3 is 2.37 bits per heavy atom. The van der Waals surface area contributed by atoms with Crippen LogP contribution in [0.15, 0.2) is 48.5 Å². The Morgan fingerprint density at radius 2 is 1.73 bits per heavy atom. The zero-order valence-electron chi connectivity index (χ0n) is 16.5. The second kappa shape index (κ2) is 8.28. The first-order valence-electron chi connectivity index (χ1n) is 9.83. The largest absolute Gasteiger partial charge is 0.416 e. The van der Waals surface area contributed by atoms with Gasteiger partial charge in [0.2, 0.25) is 0 Å². The van der Waals surface area contributed by atoms with Crippen LogP contribution in [0.4, 0.5) is 24.5 Å². The molecule has 158 valence electrons. The summed E-state index contributed by atoms with van der Waals surface area (Å²) in [6, 6.07) is 12.7. The van der Waals surface area contributed by atoms with Crippen LogP contribution in [-0.2, 0) is 6.18 Å². The van der Waals surface area contributed by atoms with Gasteiger partial charge in [-0.05, 0) is 60.5 Å². The van der Waals surface area contributed by atoms with Crippen LogP contribution in [0, 0.1) is 0 Å². The van der Waals surface area contributed by atoms with E-state index in [-0.39, 0.29) is 5.91 Å². The Balaban J connectivity index is 1.43. The molecule has 1 saturated heterocycles. The summed E-state index contributed by atoms with van der Waals surface area (Å²) in [6.07, 6.45) is -4.40. The third-order valence-corrected chi connectivity index (χ3v) is 6.49. The van der Waals surface area contributed by atoms with Crippen LogP contribution in [0.3, 0.4) is 0 Å². The predicted molar refractivity (Wildman–Crippen MR) is 116 cm³/mol. The average Bonchev–Trinajstić information content (AvgIpc) is 3.17. The quantitative estimate of drug-likeness (QED) is 0.605. The summed E-state index contributed by atoms with van der Waals surface area (Å²) in [6.45, 7) is 7.25. The molecular weight excluding hydrogens is 411 g/mol. The number of fused-ring (bicyclic) bond motifs is 1. The summed E-state index contributed by atoms with van der Waals surface area (Å²) in [5.41, 5.74) is 1.06. The molecule has 4 rings (SSSR count). The fourth-order valence-corrected chi connectivity index (χ4v) is 4.54. The molecule has 30 heavy (non-hydrogen) atoms. The van der Waals surface area contributed by atoms with Gasteiger partial charge in [0, 0.05) is 42.3 Å². The van der Waals surface area contributed by atoms with Crippen molar-refractivity contribution in [1.82, 2.24) is 4.90 Å². The standard InChI is InChI=1S/C22H22F3N3OS/c1-2-27-9-11-28(12-10-27)18-6-4-17(5-7-18)26-21(29)20-14-15-13-16(22(23,24)25)3-8-19(15)30-20/h3-8,13-14H,2,9-12H2,1H3,(H,26,29). The first kappa shape index (κ1) is 20.7. The maximum absolute atomic E-state index is 12.9. The number of amides is 1. The van der Waals surface area contributed by atoms with E-state index in [9.17, 15) is 18.0 Å². The van der Waals surface area contributed by atoms with Crippen molar-refractivity contribution in [3.8, 4) is 0 Å². The maximum atomic E-state index is 12.9. The van der Waals surface area contributed by atoms with Gasteiger partial charge in [-0.3, -0.25) is 4.79 Å². The highest BCUT2D eigenvalue weighted by Gasteiger charge is 2.30. The average molecular weight is 433 g/mol. The third-order valence-electron chi connectivity index (χ3n) is 5.38. The minimum Gasteiger partial charge on any atom is -0.369 e. The molecule has 1 aliphatic heterocycles. The number of alkyl halides is 3. The first-order chi connectivity index (χ1) is 14.3. The fourth-order valence-electron chi connectivity index (χ4n) is 3.60. The van der Waals surface area contributed by atoms with Gasteiger partial charge in [-0.2, -0.15) is 13.2 Å². The molecule has 1 aromatic heterocycles. The molecule has 0 bridgehead atoms. The molecule has 4 nitrogen and oxygen atoms in total. The number of nitrogens with zero attached hydrogens (tertiary/aromatic N) is 2. The van der Waals surface area contributed by atoms with E-state index in [1.54, 1.807) is 0 Å². The lowest BCUT2D eigenvalue weighted by atomic mass is 10.1. The molecule has 2 heterocycles. The molecule has 1 N–H and O–H groups in total. The lowest BCUT2D eigenvalue weighted by molar-refractivity contribution is -0.137. The van der Waals surface area contributed by atoms with E-state index in [0.29, 0.717) is 20.7 Å². The minimum atomic E-state index is -4.40. The van der Waals surface area contributed by atoms with Gasteiger partial charge in [-0.25, -0.2) is 0 Å². The molecule has 0 spiro atoms. The van der Waals surface area contributed by atoms with Crippen LogP contribution >= 0.6 is 11.3 Å². The number of carbonyl (C=O) groups is 1. The minimum absolute atomic E-state index is 0.325. The lowest BCUT2D eigenvalue weighted by Gasteiger charge is -2.35. The van der Waals surface area contributed by atoms with Crippen LogP contribution in [0.2, 0.25) is 0 Å². The van der Waals surface area contributed by atoms with Crippen molar-refractivity contribution >= 4 is 38.7 Å². The van der Waals surface area contributed by atoms with Gasteiger partial charge in [-0.15, -0.1) is 11.3 Å². The molecular formula is C22H22F3N3OS. The van der Waals surface area contributed by atoms with Crippen molar-refractivity contribution in [3.05, 3.63) is 59.0 Å². The zero-order valence-corrected chi connectivity index (χ0v) is 17.3. The SMILES string of the molecule is CCN1CCN(c2ccc(NC(=O)c3cc4cc(C(F)(F)F)ccc4s3)cc2)CC1. The number of hydrogen-bond donors (Lipinski definition) is 1. The third kappa shape index (κ3) is 4.44. The number of nitrogens with one attached hydrogen (secondary N) is 1. The molecule has 0 radical (unpaired) electrons. The van der Waals surface area contributed by atoms with Crippen molar-refractivity contribution in [2.24, 2.45) is 0 Å². The molecule has 0 unspecified atom stereocenters. The lowest BCUT2D eigenvalue weighted by Crippen LogP contribution is -2.46. The van der Waals surface area contributed by atoms with Gasteiger partial charge in [0.15, 0.2) is 0 Å². The van der Waals surface area contributed by atoms with E-state index in [1.165, 1.54) is 23.5 Å². The van der Waals surface area contributed by atoms with Crippen molar-refractivity contribution < 1.29 is 18.0 Å². The van der Waals surface area contributed by atoms with Crippen LogP contribution in [0.25, 0.3) is 10.1 Å². The van der Waals surface area contributed by atoms with E-state index in [0.717, 1.165) is 50.5 Å². The van der Waals surface area contributed by atoms with Crippen LogP contribution < -0.4 is 10.2 Å². The Bertz CT molecular complexity index is 1040. The van der Waals surface area contributed by atoms with Crippen molar-refractivity contribution in [1.29, 1.82) is 0 Å². The number of halogens is 3. The highest BCUT2D eigenvalue weighted by Crippen LogP contribution is 2.34. The monoisotopic (exact) mass is 433 g/mol. The molecule has 0 atom stereocenters. The number of carbonyl (C=O) groups excluding carboxylic acids is 1. The summed E-state index contributed by atoms with van der Waals surface area (Å²) < 4.78 is 39.3. The number of benzene rings is 2. The van der Waals surface area contributed by atoms with Crippen LogP contribution in [0.1, 0.15) is 22.2 Å². The summed E-state index contributed by atoms with van der Waals surface area (Å²) in [4.78, 5) is 17.7. The van der Waals surface area contributed by atoms with E-state index < -0.39 is 11.7 Å². The fraction of sp³-hybridized carbons (Fsp3) is 0.318. The molecule has 3 aromatic rings. The molecule has 0 saturated carbocycles. The van der Waals surface area contributed by atoms with Gasteiger partial charge in [-0.1, -0.05) is 6.92 Å². The summed E-state index contributed by atoms with van der Waals surface area (Å²) >= 11 is 1.18. The number of likely N-dealkylation sites (N-methyl/N-ethyl adjacent to an activating group) is 1. The second-order valence-electron chi connectivity index (χ2n) is 7.28. The number of hydrogen-bond acceptors (Lipinski definition) is 4. The van der Waals surface area contributed by atoms with E-state index in [2.05, 4.69) is 22.0 Å². The van der Waals surface area contributed by atoms with Gasteiger partial charge < -0.3 is 15.1 Å². The number of rotatable bonds is 4. The van der Waals surface area contributed by atoms with E-state index >= 15 is 0 Å². The second-order valence-corrected chi connectivity index (χ2v) is 8.37.